The van der Waals surface area contributed by atoms with Crippen molar-refractivity contribution in [1.82, 2.24) is 5.32 Å². The quantitative estimate of drug-likeness (QED) is 0.510. The van der Waals surface area contributed by atoms with Crippen molar-refractivity contribution in [2.45, 2.75) is 19.3 Å². The van der Waals surface area contributed by atoms with Gasteiger partial charge >= 0.3 is 0 Å². The summed E-state index contributed by atoms with van der Waals surface area (Å²) in [6.45, 7) is 5.94. The third-order valence-electron chi connectivity index (χ3n) is 2.53. The first-order valence-electron chi connectivity index (χ1n) is 6.28. The Morgan fingerprint density at radius 1 is 1.00 bits per heavy atom. The van der Waals surface area contributed by atoms with Crippen LogP contribution < -0.4 is 5.32 Å². The summed E-state index contributed by atoms with van der Waals surface area (Å²) in [5, 5.41) is 3.29. The standard InChI is InChI=1S/C12H25NO3/c1-14-7-2-8-15-9-5-13-6-10-16-11-12-3-4-12/h12-13H,2-11H2,1H3. The molecule has 0 bridgehead atoms. The lowest BCUT2D eigenvalue weighted by Gasteiger charge is -2.06. The van der Waals surface area contributed by atoms with Crippen molar-refractivity contribution >= 4 is 0 Å². The zero-order chi connectivity index (χ0) is 11.5. The second-order valence-corrected chi connectivity index (χ2v) is 4.23. The lowest BCUT2D eigenvalue weighted by molar-refractivity contribution is 0.0993. The maximum absolute atomic E-state index is 5.50. The molecule has 1 saturated carbocycles. The van der Waals surface area contributed by atoms with Gasteiger partial charge in [0.1, 0.15) is 0 Å². The van der Waals surface area contributed by atoms with Crippen LogP contribution in [0.1, 0.15) is 19.3 Å². The fourth-order valence-corrected chi connectivity index (χ4v) is 1.36. The van der Waals surface area contributed by atoms with Gasteiger partial charge in [0.2, 0.25) is 0 Å². The number of ether oxygens (including phenoxy) is 3. The fourth-order valence-electron chi connectivity index (χ4n) is 1.36. The smallest absolute Gasteiger partial charge is 0.0591 e. The number of rotatable bonds is 12. The third kappa shape index (κ3) is 9.09. The van der Waals surface area contributed by atoms with Crippen LogP contribution in [0.4, 0.5) is 0 Å². The summed E-state index contributed by atoms with van der Waals surface area (Å²) >= 11 is 0. The van der Waals surface area contributed by atoms with Crippen LogP contribution in [-0.4, -0.2) is 53.2 Å². The molecule has 1 N–H and O–H groups in total. The highest BCUT2D eigenvalue weighted by Crippen LogP contribution is 2.28. The molecule has 0 amide bonds. The summed E-state index contributed by atoms with van der Waals surface area (Å²) in [5.41, 5.74) is 0. The number of hydrogen-bond acceptors (Lipinski definition) is 4. The minimum atomic E-state index is 0.770. The van der Waals surface area contributed by atoms with Gasteiger partial charge in [-0.1, -0.05) is 0 Å². The SMILES string of the molecule is COCCCOCCNCCOCC1CC1. The van der Waals surface area contributed by atoms with E-state index in [4.69, 9.17) is 14.2 Å². The highest BCUT2D eigenvalue weighted by Gasteiger charge is 2.20. The summed E-state index contributed by atoms with van der Waals surface area (Å²) in [6.07, 6.45) is 3.70. The van der Waals surface area contributed by atoms with E-state index >= 15 is 0 Å². The van der Waals surface area contributed by atoms with E-state index in [1.165, 1.54) is 12.8 Å². The minimum absolute atomic E-state index is 0.770. The van der Waals surface area contributed by atoms with Gasteiger partial charge in [-0.15, -0.1) is 0 Å². The Morgan fingerprint density at radius 3 is 2.44 bits per heavy atom. The molecular weight excluding hydrogens is 206 g/mol. The highest BCUT2D eigenvalue weighted by molar-refractivity contribution is 4.71. The molecule has 0 unspecified atom stereocenters. The molecular formula is C12H25NO3. The van der Waals surface area contributed by atoms with Crippen molar-refractivity contribution in [2.75, 3.05) is 53.2 Å². The summed E-state index contributed by atoms with van der Waals surface area (Å²) in [6, 6.07) is 0. The molecule has 16 heavy (non-hydrogen) atoms. The average molecular weight is 231 g/mol. The predicted octanol–water partition coefficient (Wildman–Crippen LogP) is 1.06. The number of methoxy groups -OCH3 is 1. The Kier molecular flexibility index (Phi) is 8.71. The zero-order valence-corrected chi connectivity index (χ0v) is 10.4. The van der Waals surface area contributed by atoms with E-state index in [1.807, 2.05) is 0 Å². The maximum atomic E-state index is 5.50. The van der Waals surface area contributed by atoms with E-state index in [-0.39, 0.29) is 0 Å². The van der Waals surface area contributed by atoms with Crippen LogP contribution >= 0.6 is 0 Å². The molecule has 96 valence electrons. The number of hydrogen-bond donors (Lipinski definition) is 1. The summed E-state index contributed by atoms with van der Waals surface area (Å²) < 4.78 is 15.8. The van der Waals surface area contributed by atoms with Crippen LogP contribution in [0.3, 0.4) is 0 Å². The van der Waals surface area contributed by atoms with Crippen LogP contribution in [0.25, 0.3) is 0 Å². The Morgan fingerprint density at radius 2 is 1.75 bits per heavy atom. The van der Waals surface area contributed by atoms with Crippen molar-refractivity contribution in [3.63, 3.8) is 0 Å². The van der Waals surface area contributed by atoms with Gasteiger partial charge in [-0.3, -0.25) is 0 Å². The van der Waals surface area contributed by atoms with Gasteiger partial charge in [0.15, 0.2) is 0 Å². The van der Waals surface area contributed by atoms with Gasteiger partial charge in [-0.05, 0) is 25.2 Å². The molecule has 4 nitrogen and oxygen atoms in total. The molecule has 1 rings (SSSR count). The first kappa shape index (κ1) is 13.9. The van der Waals surface area contributed by atoms with Gasteiger partial charge < -0.3 is 19.5 Å². The average Bonchev–Trinajstić information content (AvgIpc) is 3.10. The molecule has 0 aliphatic heterocycles. The van der Waals surface area contributed by atoms with Crippen LogP contribution in [0.15, 0.2) is 0 Å². The van der Waals surface area contributed by atoms with Crippen LogP contribution in [0.2, 0.25) is 0 Å². The van der Waals surface area contributed by atoms with Gasteiger partial charge in [0.25, 0.3) is 0 Å². The topological polar surface area (TPSA) is 39.7 Å². The molecule has 0 spiro atoms. The Labute approximate surface area is 98.6 Å². The lowest BCUT2D eigenvalue weighted by atomic mass is 10.5. The predicted molar refractivity (Wildman–Crippen MR) is 63.7 cm³/mol. The van der Waals surface area contributed by atoms with Crippen LogP contribution in [0, 0.1) is 5.92 Å². The van der Waals surface area contributed by atoms with Crippen molar-refractivity contribution in [3.8, 4) is 0 Å². The number of nitrogens with one attached hydrogen (secondary N) is 1. The molecule has 4 heteroatoms. The highest BCUT2D eigenvalue weighted by atomic mass is 16.5. The van der Waals surface area contributed by atoms with Crippen molar-refractivity contribution in [3.05, 3.63) is 0 Å². The van der Waals surface area contributed by atoms with E-state index < -0.39 is 0 Å². The van der Waals surface area contributed by atoms with Gasteiger partial charge in [0, 0.05) is 40.0 Å². The normalized spacial score (nSPS) is 15.6. The molecule has 1 aliphatic rings. The second kappa shape index (κ2) is 10.0. The maximum Gasteiger partial charge on any atom is 0.0591 e. The van der Waals surface area contributed by atoms with Crippen molar-refractivity contribution < 1.29 is 14.2 Å². The molecule has 1 fully saturated rings. The first-order chi connectivity index (χ1) is 7.93. The van der Waals surface area contributed by atoms with E-state index in [2.05, 4.69) is 5.32 Å². The minimum Gasteiger partial charge on any atom is -0.385 e. The molecule has 0 atom stereocenters. The Hall–Kier alpha value is -0.160. The Balaban J connectivity index is 1.61. The molecule has 0 heterocycles. The monoisotopic (exact) mass is 231 g/mol. The summed E-state index contributed by atoms with van der Waals surface area (Å²) in [4.78, 5) is 0. The lowest BCUT2D eigenvalue weighted by Crippen LogP contribution is -2.24. The van der Waals surface area contributed by atoms with E-state index in [0.717, 1.165) is 58.5 Å². The molecule has 0 aromatic heterocycles. The molecule has 0 aromatic carbocycles. The molecule has 0 aromatic rings. The van der Waals surface area contributed by atoms with Gasteiger partial charge in [0.05, 0.1) is 13.2 Å². The zero-order valence-electron chi connectivity index (χ0n) is 10.4. The largest absolute Gasteiger partial charge is 0.385 e. The van der Waals surface area contributed by atoms with Crippen LogP contribution in [0.5, 0.6) is 0 Å². The van der Waals surface area contributed by atoms with E-state index in [0.29, 0.717) is 0 Å². The van der Waals surface area contributed by atoms with E-state index in [9.17, 15) is 0 Å². The summed E-state index contributed by atoms with van der Waals surface area (Å²) in [7, 11) is 1.71. The molecule has 1 aliphatic carbocycles. The van der Waals surface area contributed by atoms with E-state index in [1.54, 1.807) is 7.11 Å². The Bertz CT molecular complexity index is 151. The summed E-state index contributed by atoms with van der Waals surface area (Å²) in [5.74, 6) is 0.865. The van der Waals surface area contributed by atoms with Gasteiger partial charge in [-0.2, -0.15) is 0 Å². The third-order valence-corrected chi connectivity index (χ3v) is 2.53. The second-order valence-electron chi connectivity index (χ2n) is 4.23. The van der Waals surface area contributed by atoms with Crippen molar-refractivity contribution in [1.29, 1.82) is 0 Å². The fraction of sp³-hybridized carbons (Fsp3) is 1.00. The van der Waals surface area contributed by atoms with Crippen LogP contribution in [-0.2, 0) is 14.2 Å². The first-order valence-corrected chi connectivity index (χ1v) is 6.28. The van der Waals surface area contributed by atoms with Gasteiger partial charge in [-0.25, -0.2) is 0 Å². The molecule has 0 radical (unpaired) electrons. The molecule has 0 saturated heterocycles. The van der Waals surface area contributed by atoms with Crippen molar-refractivity contribution in [2.24, 2.45) is 5.92 Å².